The molecule has 4 aromatic rings. The first-order chi connectivity index (χ1) is 23.5. The maximum Gasteiger partial charge on any atom is 0.433 e. The average Bonchev–Trinajstić information content (AvgIpc) is 3.48. The lowest BCUT2D eigenvalue weighted by molar-refractivity contribution is -0.141. The van der Waals surface area contributed by atoms with Gasteiger partial charge in [0.05, 0.1) is 18.7 Å². The number of ether oxygens (including phenoxy) is 1. The van der Waals surface area contributed by atoms with Gasteiger partial charge >= 0.3 is 6.18 Å². The Bertz CT molecular complexity index is 2030. The predicted octanol–water partition coefficient (Wildman–Crippen LogP) is 5.30. The normalized spacial score (nSPS) is 23.2. The minimum Gasteiger partial charge on any atom is -0.377 e. The number of aryl methyl sites for hydroxylation is 3. The highest BCUT2D eigenvalue weighted by Crippen LogP contribution is 2.60. The van der Waals surface area contributed by atoms with E-state index in [1.54, 1.807) is 26.2 Å². The van der Waals surface area contributed by atoms with E-state index < -0.39 is 29.2 Å². The van der Waals surface area contributed by atoms with Crippen molar-refractivity contribution >= 4 is 28.5 Å². The van der Waals surface area contributed by atoms with Crippen molar-refractivity contribution in [2.45, 2.75) is 70.8 Å². The van der Waals surface area contributed by atoms with Gasteiger partial charge in [0.1, 0.15) is 36.0 Å². The number of carbonyl (C=O) groups excluding carboxylic acids is 2. The minimum atomic E-state index is -4.69. The molecular formula is C35H33F3N8O3. The van der Waals surface area contributed by atoms with Crippen LogP contribution in [-0.4, -0.2) is 66.7 Å². The molecule has 11 nitrogen and oxygen atoms in total. The van der Waals surface area contributed by atoms with Crippen molar-refractivity contribution in [3.05, 3.63) is 77.2 Å². The minimum absolute atomic E-state index is 0.160. The van der Waals surface area contributed by atoms with Gasteiger partial charge in [0.2, 0.25) is 11.8 Å². The zero-order valence-corrected chi connectivity index (χ0v) is 26.9. The fourth-order valence-corrected chi connectivity index (χ4v) is 7.07. The van der Waals surface area contributed by atoms with Gasteiger partial charge in [0.15, 0.2) is 5.69 Å². The fraction of sp³-hybridized carbons (Fsp3) is 0.400. The number of pyridine rings is 1. The van der Waals surface area contributed by atoms with E-state index in [0.717, 1.165) is 35.6 Å². The van der Waals surface area contributed by atoms with Crippen molar-refractivity contribution < 1.29 is 27.5 Å². The van der Waals surface area contributed by atoms with Crippen LogP contribution in [0.4, 0.5) is 19.0 Å². The highest BCUT2D eigenvalue weighted by Gasteiger charge is 2.67. The zero-order chi connectivity index (χ0) is 34.5. The molecule has 1 N–H and O–H groups in total. The van der Waals surface area contributed by atoms with Crippen LogP contribution < -0.4 is 5.32 Å². The molecule has 7 rings (SSSR count). The van der Waals surface area contributed by atoms with Crippen molar-refractivity contribution in [2.75, 3.05) is 18.5 Å². The predicted molar refractivity (Wildman–Crippen MR) is 172 cm³/mol. The highest BCUT2D eigenvalue weighted by molar-refractivity contribution is 5.98. The largest absolute Gasteiger partial charge is 0.433 e. The Hall–Kier alpha value is -5.16. The molecule has 1 saturated heterocycles. The molecule has 0 radical (unpaired) electrons. The number of carbonyl (C=O) groups is 2. The van der Waals surface area contributed by atoms with Gasteiger partial charge < -0.3 is 15.0 Å². The summed E-state index contributed by atoms with van der Waals surface area (Å²) in [6.45, 7) is 3.82. The molecule has 2 aliphatic heterocycles. The number of nitriles is 1. The average molecular weight is 671 g/mol. The molecule has 2 bridgehead atoms. The number of halogens is 3. The summed E-state index contributed by atoms with van der Waals surface area (Å²) < 4.78 is 47.8. The molecular weight excluding hydrogens is 637 g/mol. The molecule has 2 fully saturated rings. The van der Waals surface area contributed by atoms with Crippen molar-refractivity contribution in [2.24, 2.45) is 5.41 Å². The number of rotatable bonds is 3. The topological polar surface area (TPSA) is 139 Å². The van der Waals surface area contributed by atoms with Crippen LogP contribution in [-0.2, 0) is 33.5 Å². The number of nitrogens with zero attached hydrogens (tertiary/aromatic N) is 7. The molecule has 3 aromatic heterocycles. The van der Waals surface area contributed by atoms with Crippen molar-refractivity contribution in [3.8, 4) is 17.2 Å². The summed E-state index contributed by atoms with van der Waals surface area (Å²) >= 11 is 0. The molecule has 252 valence electrons. The van der Waals surface area contributed by atoms with Gasteiger partial charge in [-0.25, -0.2) is 15.0 Å². The molecule has 0 spiro atoms. The number of amides is 2. The monoisotopic (exact) mass is 670 g/mol. The van der Waals surface area contributed by atoms with E-state index >= 15 is 0 Å². The molecule has 1 aromatic carbocycles. The van der Waals surface area contributed by atoms with E-state index in [0.29, 0.717) is 48.3 Å². The van der Waals surface area contributed by atoms with E-state index in [9.17, 15) is 28.0 Å². The van der Waals surface area contributed by atoms with Gasteiger partial charge in [-0.05, 0) is 80.8 Å². The van der Waals surface area contributed by atoms with Crippen LogP contribution in [0.2, 0.25) is 0 Å². The van der Waals surface area contributed by atoms with E-state index in [2.05, 4.69) is 37.5 Å². The summed E-state index contributed by atoms with van der Waals surface area (Å²) in [6, 6.07) is 6.89. The summed E-state index contributed by atoms with van der Waals surface area (Å²) in [5, 5.41) is 17.8. The van der Waals surface area contributed by atoms with E-state index in [4.69, 9.17) is 4.74 Å². The number of nitrogens with one attached hydrogen (secondary N) is 1. The third-order valence-electron chi connectivity index (χ3n) is 9.65. The van der Waals surface area contributed by atoms with Crippen LogP contribution in [0.3, 0.4) is 0 Å². The number of hydrogen-bond acceptors (Lipinski definition) is 8. The van der Waals surface area contributed by atoms with Crippen molar-refractivity contribution in [1.29, 1.82) is 5.26 Å². The Labute approximate surface area is 279 Å². The number of hydrogen-bond donors (Lipinski definition) is 1. The number of piperidine rings is 1. The Balaban J connectivity index is 1.26. The molecule has 1 saturated carbocycles. The quantitative estimate of drug-likeness (QED) is 0.290. The Morgan fingerprint density at radius 1 is 1.12 bits per heavy atom. The molecule has 1 aliphatic carbocycles. The van der Waals surface area contributed by atoms with Crippen LogP contribution in [0.15, 0.2) is 48.8 Å². The first-order valence-electron chi connectivity index (χ1n) is 16.1. The smallest absolute Gasteiger partial charge is 0.377 e. The maximum absolute atomic E-state index is 14.3. The number of alkyl halides is 3. The lowest BCUT2D eigenvalue weighted by atomic mass is 9.98. The number of allylic oxidation sites excluding steroid dienone is 1. The molecule has 2 amide bonds. The van der Waals surface area contributed by atoms with Gasteiger partial charge in [0, 0.05) is 34.8 Å². The standard InChI is InChI=1S/C35H33F3N8O3/c1-20-8-9-28(35(36,37)38)42-32(20)43-33(48)27-13-34-14-29(34)46(27)30(47)18-45-31-22(7-5-3-4-6-10-49-19-34)11-23(12-25(31)26(15-39)44-45)24-16-40-21(2)41-17-24/h4,6,8-9,11-12,16-17,27,29H,3,5,7,10,13-14,18-19H2,1-2H3,(H,42,43,48)/b6-4+/t27-,29+,34-/m0/s1. The Morgan fingerprint density at radius 2 is 1.92 bits per heavy atom. The van der Waals surface area contributed by atoms with Gasteiger partial charge in [0.25, 0.3) is 0 Å². The highest BCUT2D eigenvalue weighted by atomic mass is 19.4. The van der Waals surface area contributed by atoms with Crippen LogP contribution in [0.1, 0.15) is 54.0 Å². The number of anilines is 1. The summed E-state index contributed by atoms with van der Waals surface area (Å²) in [6.07, 6.45) is 5.91. The van der Waals surface area contributed by atoms with E-state index in [1.165, 1.54) is 15.6 Å². The second-order valence-electron chi connectivity index (χ2n) is 13.0. The van der Waals surface area contributed by atoms with Gasteiger partial charge in [-0.1, -0.05) is 18.2 Å². The second kappa shape index (κ2) is 12.4. The van der Waals surface area contributed by atoms with E-state index in [-0.39, 0.29) is 36.4 Å². The second-order valence-corrected chi connectivity index (χ2v) is 13.0. The third-order valence-corrected chi connectivity index (χ3v) is 9.65. The van der Waals surface area contributed by atoms with Crippen molar-refractivity contribution in [1.82, 2.24) is 29.6 Å². The molecule has 0 unspecified atom stereocenters. The number of aromatic nitrogens is 5. The van der Waals surface area contributed by atoms with Gasteiger partial charge in [-0.2, -0.15) is 23.5 Å². The molecule has 5 heterocycles. The van der Waals surface area contributed by atoms with Crippen LogP contribution in [0, 0.1) is 30.6 Å². The van der Waals surface area contributed by atoms with Crippen LogP contribution in [0.5, 0.6) is 0 Å². The first kappa shape index (κ1) is 32.4. The first-order valence-corrected chi connectivity index (χ1v) is 16.1. The number of benzene rings is 1. The Morgan fingerprint density at radius 3 is 2.67 bits per heavy atom. The molecule has 3 aliphatic rings. The molecule has 49 heavy (non-hydrogen) atoms. The Kier molecular flexibility index (Phi) is 8.18. The van der Waals surface area contributed by atoms with E-state index in [1.807, 2.05) is 18.2 Å². The summed E-state index contributed by atoms with van der Waals surface area (Å²) in [7, 11) is 0. The maximum atomic E-state index is 14.3. The van der Waals surface area contributed by atoms with Gasteiger partial charge in [-0.3, -0.25) is 14.3 Å². The zero-order valence-electron chi connectivity index (χ0n) is 26.9. The SMILES string of the molecule is Cc1ncc(-c2cc3c4c(c2)c(C#N)nn4CC(=O)N2[C@H](C(=O)Nc4nc(C(F)(F)F)ccc4C)C[C@@]4(COC/C=C/CCC3)C[C@@H]24)cn1. The molecule has 3 atom stereocenters. The van der Waals surface area contributed by atoms with Crippen molar-refractivity contribution in [3.63, 3.8) is 0 Å². The van der Waals surface area contributed by atoms with Crippen LogP contribution in [0.25, 0.3) is 22.0 Å². The summed E-state index contributed by atoms with van der Waals surface area (Å²) in [5.74, 6) is -0.590. The lowest BCUT2D eigenvalue weighted by Crippen LogP contribution is -2.47. The summed E-state index contributed by atoms with van der Waals surface area (Å²) in [4.78, 5) is 41.9. The van der Waals surface area contributed by atoms with Gasteiger partial charge in [-0.15, -0.1) is 0 Å². The fourth-order valence-electron chi connectivity index (χ4n) is 7.07. The van der Waals surface area contributed by atoms with Crippen LogP contribution >= 0.6 is 0 Å². The lowest BCUT2D eigenvalue weighted by Gasteiger charge is -2.27. The third kappa shape index (κ3) is 6.14. The summed E-state index contributed by atoms with van der Waals surface area (Å²) in [5.41, 5.74) is 2.09. The molecule has 14 heteroatoms.